The lowest BCUT2D eigenvalue weighted by Crippen LogP contribution is -2.37. The third kappa shape index (κ3) is 5.95. The largest absolute Gasteiger partial charge is 0.493 e. The van der Waals surface area contributed by atoms with Crippen LogP contribution in [0.15, 0.2) is 42.5 Å². The minimum Gasteiger partial charge on any atom is -0.493 e. The molecule has 1 heterocycles. The molecule has 0 amide bonds. The molecule has 0 aromatic heterocycles. The molecule has 0 radical (unpaired) electrons. The molecule has 5 nitrogen and oxygen atoms in total. The molecule has 0 bridgehead atoms. The third-order valence-electron chi connectivity index (χ3n) is 5.66. The summed E-state index contributed by atoms with van der Waals surface area (Å²) in [6.45, 7) is 7.93. The number of methoxy groups -OCH3 is 1. The van der Waals surface area contributed by atoms with E-state index in [0.717, 1.165) is 26.1 Å². The maximum atomic E-state index is 10.3. The molecule has 1 aliphatic rings. The highest BCUT2D eigenvalue weighted by molar-refractivity contribution is 5.43. The van der Waals surface area contributed by atoms with E-state index >= 15 is 0 Å². The second-order valence-corrected chi connectivity index (χ2v) is 8.21. The number of rotatable bonds is 9. The minimum atomic E-state index is -0.547. The Morgan fingerprint density at radius 2 is 1.86 bits per heavy atom. The average molecular weight is 399 g/mol. The molecule has 1 unspecified atom stereocenters. The lowest BCUT2D eigenvalue weighted by molar-refractivity contribution is 0.0668. The Kier molecular flexibility index (Phi) is 7.53. The quantitative estimate of drug-likeness (QED) is 0.702. The summed E-state index contributed by atoms with van der Waals surface area (Å²) in [5, 5.41) is 10.3. The number of likely N-dealkylation sites (N-methyl/N-ethyl adjacent to an activating group) is 1. The minimum absolute atomic E-state index is 0.244. The predicted molar refractivity (Wildman–Crippen MR) is 117 cm³/mol. The Morgan fingerprint density at radius 3 is 2.59 bits per heavy atom. The molecule has 1 atom stereocenters. The van der Waals surface area contributed by atoms with Gasteiger partial charge < -0.3 is 19.5 Å². The van der Waals surface area contributed by atoms with Crippen LogP contribution in [0.1, 0.15) is 30.5 Å². The first kappa shape index (κ1) is 21.6. The normalized spacial score (nSPS) is 15.4. The van der Waals surface area contributed by atoms with Crippen LogP contribution in [0.3, 0.4) is 0 Å². The van der Waals surface area contributed by atoms with Crippen molar-refractivity contribution in [3.8, 4) is 11.5 Å². The fraction of sp³-hybridized carbons (Fsp3) is 0.500. The van der Waals surface area contributed by atoms with Crippen molar-refractivity contribution in [1.82, 2.24) is 9.80 Å². The fourth-order valence-electron chi connectivity index (χ4n) is 3.66. The van der Waals surface area contributed by atoms with Crippen LogP contribution in [0.4, 0.5) is 0 Å². The van der Waals surface area contributed by atoms with Gasteiger partial charge in [0.25, 0.3) is 0 Å². The number of hydrogen-bond donors (Lipinski definition) is 1. The van der Waals surface area contributed by atoms with Crippen LogP contribution in [0.5, 0.6) is 11.5 Å². The van der Waals surface area contributed by atoms with Gasteiger partial charge in [0.05, 0.1) is 7.11 Å². The molecular formula is C24H34N2O3. The average Bonchev–Trinajstić information content (AvgIpc) is 2.72. The fourth-order valence-corrected chi connectivity index (χ4v) is 3.66. The molecule has 29 heavy (non-hydrogen) atoms. The monoisotopic (exact) mass is 398 g/mol. The molecule has 0 fully saturated rings. The number of benzene rings is 2. The molecule has 0 saturated heterocycles. The number of ether oxygens (including phenoxy) is 2. The highest BCUT2D eigenvalue weighted by atomic mass is 16.5. The summed E-state index contributed by atoms with van der Waals surface area (Å²) in [7, 11) is 3.65. The summed E-state index contributed by atoms with van der Waals surface area (Å²) in [4.78, 5) is 4.57. The molecule has 158 valence electrons. The van der Waals surface area contributed by atoms with Gasteiger partial charge in [-0.25, -0.2) is 0 Å². The molecule has 2 aromatic rings. The Bertz CT molecular complexity index is 793. The smallest absolute Gasteiger partial charge is 0.161 e. The Morgan fingerprint density at radius 1 is 1.10 bits per heavy atom. The summed E-state index contributed by atoms with van der Waals surface area (Å²) in [5.74, 6) is 1.39. The predicted octanol–water partition coefficient (Wildman–Crippen LogP) is 3.33. The molecule has 0 saturated carbocycles. The first-order valence-electron chi connectivity index (χ1n) is 10.4. The van der Waals surface area contributed by atoms with E-state index in [1.807, 2.05) is 19.2 Å². The summed E-state index contributed by atoms with van der Waals surface area (Å²) in [5.41, 5.74) is 4.07. The van der Waals surface area contributed by atoms with Crippen molar-refractivity contribution in [3.63, 3.8) is 0 Å². The van der Waals surface area contributed by atoms with Crippen LogP contribution >= 0.6 is 0 Å². The number of aliphatic hydroxyl groups is 1. The first-order valence-corrected chi connectivity index (χ1v) is 10.4. The van der Waals surface area contributed by atoms with Gasteiger partial charge in [0.2, 0.25) is 0 Å². The molecule has 1 N–H and O–H groups in total. The highest BCUT2D eigenvalue weighted by Crippen LogP contribution is 2.29. The molecule has 2 aromatic carbocycles. The van der Waals surface area contributed by atoms with Crippen molar-refractivity contribution in [1.29, 1.82) is 0 Å². The van der Waals surface area contributed by atoms with Crippen molar-refractivity contribution in [2.24, 2.45) is 0 Å². The molecule has 0 aliphatic carbocycles. The van der Waals surface area contributed by atoms with Crippen molar-refractivity contribution in [2.45, 2.75) is 45.5 Å². The van der Waals surface area contributed by atoms with E-state index in [0.29, 0.717) is 24.1 Å². The van der Waals surface area contributed by atoms with Gasteiger partial charge >= 0.3 is 0 Å². The van der Waals surface area contributed by atoms with Gasteiger partial charge in [-0.2, -0.15) is 0 Å². The van der Waals surface area contributed by atoms with E-state index in [2.05, 4.69) is 54.0 Å². The van der Waals surface area contributed by atoms with Gasteiger partial charge in [-0.3, -0.25) is 4.90 Å². The van der Waals surface area contributed by atoms with Gasteiger partial charge in [-0.1, -0.05) is 30.3 Å². The Hall–Kier alpha value is -2.08. The molecule has 1 aliphatic heterocycles. The first-order chi connectivity index (χ1) is 14.0. The standard InChI is InChI=1S/C24H34N2O3/c1-18(2)25(3)16-22(27)17-29-24-13-19(9-10-23(24)28-4)14-26-12-11-20-7-5-6-8-21(20)15-26/h5-10,13,18,22,27H,11-12,14-17H2,1-4H3. The van der Waals surface area contributed by atoms with Gasteiger partial charge in [-0.05, 0) is 56.1 Å². The topological polar surface area (TPSA) is 45.2 Å². The lowest BCUT2D eigenvalue weighted by Gasteiger charge is -2.29. The Balaban J connectivity index is 1.61. The van der Waals surface area contributed by atoms with E-state index in [4.69, 9.17) is 9.47 Å². The molecule has 3 rings (SSSR count). The zero-order chi connectivity index (χ0) is 20.8. The number of aliphatic hydroxyl groups excluding tert-OH is 1. The van der Waals surface area contributed by atoms with Crippen LogP contribution in [0.25, 0.3) is 0 Å². The summed E-state index contributed by atoms with van der Waals surface area (Å²) in [6, 6.07) is 15.2. The molecule has 5 heteroatoms. The Labute approximate surface area is 174 Å². The van der Waals surface area contributed by atoms with Gasteiger partial charge in [0, 0.05) is 32.2 Å². The zero-order valence-electron chi connectivity index (χ0n) is 18.1. The number of nitrogens with zero attached hydrogens (tertiary/aromatic N) is 2. The second kappa shape index (κ2) is 10.1. The van der Waals surface area contributed by atoms with E-state index < -0.39 is 6.10 Å². The van der Waals surface area contributed by atoms with Gasteiger partial charge in [0.15, 0.2) is 11.5 Å². The van der Waals surface area contributed by atoms with E-state index in [9.17, 15) is 5.11 Å². The van der Waals surface area contributed by atoms with Crippen molar-refractivity contribution in [2.75, 3.05) is 33.9 Å². The maximum Gasteiger partial charge on any atom is 0.161 e. The highest BCUT2D eigenvalue weighted by Gasteiger charge is 2.17. The maximum absolute atomic E-state index is 10.3. The third-order valence-corrected chi connectivity index (χ3v) is 5.66. The summed E-state index contributed by atoms with van der Waals surface area (Å²) < 4.78 is 11.4. The number of hydrogen-bond acceptors (Lipinski definition) is 5. The van der Waals surface area contributed by atoms with Crippen molar-refractivity contribution < 1.29 is 14.6 Å². The number of fused-ring (bicyclic) bond motifs is 1. The van der Waals surface area contributed by atoms with Crippen LogP contribution in [-0.2, 0) is 19.5 Å². The second-order valence-electron chi connectivity index (χ2n) is 8.21. The van der Waals surface area contributed by atoms with E-state index in [1.165, 1.54) is 16.7 Å². The van der Waals surface area contributed by atoms with Crippen LogP contribution in [0, 0.1) is 0 Å². The molecule has 0 spiro atoms. The lowest BCUT2D eigenvalue weighted by atomic mass is 9.99. The van der Waals surface area contributed by atoms with Crippen LogP contribution in [-0.4, -0.2) is 60.9 Å². The van der Waals surface area contributed by atoms with Gasteiger partial charge in [-0.15, -0.1) is 0 Å². The van der Waals surface area contributed by atoms with E-state index in [1.54, 1.807) is 7.11 Å². The van der Waals surface area contributed by atoms with Crippen molar-refractivity contribution >= 4 is 0 Å². The van der Waals surface area contributed by atoms with Gasteiger partial charge in [0.1, 0.15) is 12.7 Å². The summed E-state index contributed by atoms with van der Waals surface area (Å²) >= 11 is 0. The van der Waals surface area contributed by atoms with Crippen LogP contribution in [0.2, 0.25) is 0 Å². The zero-order valence-corrected chi connectivity index (χ0v) is 18.1. The van der Waals surface area contributed by atoms with Crippen molar-refractivity contribution in [3.05, 3.63) is 59.2 Å². The SMILES string of the molecule is COc1ccc(CN2CCc3ccccc3C2)cc1OCC(O)CN(C)C(C)C. The molecular weight excluding hydrogens is 364 g/mol. The van der Waals surface area contributed by atoms with E-state index in [-0.39, 0.29) is 6.61 Å². The summed E-state index contributed by atoms with van der Waals surface area (Å²) in [6.07, 6.45) is 0.542. The van der Waals surface area contributed by atoms with Crippen LogP contribution < -0.4 is 9.47 Å².